The van der Waals surface area contributed by atoms with Gasteiger partial charge in [0.1, 0.15) is 11.4 Å². The normalized spacial score (nSPS) is 15.9. The van der Waals surface area contributed by atoms with Gasteiger partial charge in [0.05, 0.1) is 11.4 Å². The summed E-state index contributed by atoms with van der Waals surface area (Å²) in [4.78, 5) is 18.7. The SMILES string of the molecule is Cn1nc(-c2ccc(CN3CCCN(CC(=O)NCc4ccccc4)CC3)s2)cc1C(F)(F)F. The number of carbonyl (C=O) groups is 1. The van der Waals surface area contributed by atoms with E-state index in [1.807, 2.05) is 42.5 Å². The van der Waals surface area contributed by atoms with E-state index >= 15 is 0 Å². The fraction of sp³-hybridized carbons (Fsp3) is 0.417. The molecule has 182 valence electrons. The molecule has 0 bridgehead atoms. The van der Waals surface area contributed by atoms with Crippen molar-refractivity contribution in [2.75, 3.05) is 32.7 Å². The van der Waals surface area contributed by atoms with Gasteiger partial charge in [0.15, 0.2) is 0 Å². The fourth-order valence-corrected chi connectivity index (χ4v) is 5.08. The van der Waals surface area contributed by atoms with Crippen LogP contribution >= 0.6 is 11.3 Å². The molecular formula is C24H28F3N5OS. The lowest BCUT2D eigenvalue weighted by molar-refractivity contribution is -0.143. The van der Waals surface area contributed by atoms with Crippen LogP contribution in [0, 0.1) is 0 Å². The molecule has 0 unspecified atom stereocenters. The molecule has 34 heavy (non-hydrogen) atoms. The Morgan fingerprint density at radius 1 is 1.06 bits per heavy atom. The van der Waals surface area contributed by atoms with Gasteiger partial charge in [-0.25, -0.2) is 0 Å². The first kappa shape index (κ1) is 24.4. The Labute approximate surface area is 201 Å². The van der Waals surface area contributed by atoms with Gasteiger partial charge < -0.3 is 5.32 Å². The lowest BCUT2D eigenvalue weighted by Gasteiger charge is -2.21. The molecule has 1 amide bonds. The summed E-state index contributed by atoms with van der Waals surface area (Å²) in [5, 5.41) is 7.02. The summed E-state index contributed by atoms with van der Waals surface area (Å²) in [5.74, 6) is 0.0220. The quantitative estimate of drug-likeness (QED) is 0.543. The van der Waals surface area contributed by atoms with Crippen molar-refractivity contribution in [3.63, 3.8) is 0 Å². The van der Waals surface area contributed by atoms with Crippen molar-refractivity contribution < 1.29 is 18.0 Å². The Kier molecular flexibility index (Phi) is 7.70. The molecule has 1 aliphatic heterocycles. The highest BCUT2D eigenvalue weighted by atomic mass is 32.1. The van der Waals surface area contributed by atoms with Gasteiger partial charge in [0, 0.05) is 38.1 Å². The van der Waals surface area contributed by atoms with Crippen molar-refractivity contribution in [2.45, 2.75) is 25.7 Å². The molecule has 10 heteroatoms. The van der Waals surface area contributed by atoms with Gasteiger partial charge >= 0.3 is 6.18 Å². The first-order chi connectivity index (χ1) is 16.3. The number of thiophene rings is 1. The summed E-state index contributed by atoms with van der Waals surface area (Å²) < 4.78 is 40.1. The van der Waals surface area contributed by atoms with Crippen LogP contribution < -0.4 is 5.32 Å². The predicted molar refractivity (Wildman–Crippen MR) is 126 cm³/mol. The second kappa shape index (κ2) is 10.7. The van der Waals surface area contributed by atoms with Crippen LogP contribution in [0.3, 0.4) is 0 Å². The van der Waals surface area contributed by atoms with Crippen LogP contribution in [0.15, 0.2) is 48.5 Å². The van der Waals surface area contributed by atoms with Crippen molar-refractivity contribution in [1.29, 1.82) is 0 Å². The van der Waals surface area contributed by atoms with Gasteiger partial charge in [-0.05, 0) is 43.3 Å². The highest BCUT2D eigenvalue weighted by Gasteiger charge is 2.35. The second-order valence-electron chi connectivity index (χ2n) is 8.47. The molecule has 0 saturated carbocycles. The van der Waals surface area contributed by atoms with Crippen molar-refractivity contribution in [3.05, 3.63) is 64.7 Å². The van der Waals surface area contributed by atoms with Crippen LogP contribution in [-0.4, -0.2) is 58.2 Å². The molecule has 0 radical (unpaired) electrons. The Morgan fingerprint density at radius 2 is 1.79 bits per heavy atom. The number of amides is 1. The fourth-order valence-electron chi connectivity index (χ4n) is 4.07. The molecule has 3 aromatic rings. The van der Waals surface area contributed by atoms with E-state index in [4.69, 9.17) is 0 Å². The zero-order valence-corrected chi connectivity index (χ0v) is 19.8. The number of hydrogen-bond acceptors (Lipinski definition) is 5. The van der Waals surface area contributed by atoms with Crippen LogP contribution in [0.5, 0.6) is 0 Å². The number of benzene rings is 1. The molecule has 0 atom stereocenters. The number of hydrogen-bond donors (Lipinski definition) is 1. The summed E-state index contributed by atoms with van der Waals surface area (Å²) >= 11 is 1.47. The van der Waals surface area contributed by atoms with Gasteiger partial charge in [0.25, 0.3) is 0 Å². The highest BCUT2D eigenvalue weighted by Crippen LogP contribution is 2.34. The van der Waals surface area contributed by atoms with Crippen LogP contribution in [0.4, 0.5) is 13.2 Å². The van der Waals surface area contributed by atoms with Gasteiger partial charge in [0.2, 0.25) is 5.91 Å². The Hall–Kier alpha value is -2.69. The van der Waals surface area contributed by atoms with E-state index in [0.717, 1.165) is 65.2 Å². The first-order valence-electron chi connectivity index (χ1n) is 11.2. The van der Waals surface area contributed by atoms with E-state index in [-0.39, 0.29) is 5.91 Å². The van der Waals surface area contributed by atoms with Crippen molar-refractivity contribution >= 4 is 17.2 Å². The number of aryl methyl sites for hydroxylation is 1. The topological polar surface area (TPSA) is 53.4 Å². The molecule has 1 N–H and O–H groups in total. The average molecular weight is 492 g/mol. The number of nitrogens with one attached hydrogen (secondary N) is 1. The lowest BCUT2D eigenvalue weighted by Crippen LogP contribution is -2.39. The third-order valence-electron chi connectivity index (χ3n) is 5.84. The monoisotopic (exact) mass is 491 g/mol. The van der Waals surface area contributed by atoms with E-state index in [1.165, 1.54) is 18.4 Å². The average Bonchev–Trinajstić information content (AvgIpc) is 3.36. The molecule has 0 aliphatic carbocycles. The summed E-state index contributed by atoms with van der Waals surface area (Å²) in [6.07, 6.45) is -3.46. The van der Waals surface area contributed by atoms with Gasteiger partial charge in [-0.3, -0.25) is 19.3 Å². The third-order valence-corrected chi connectivity index (χ3v) is 6.94. The molecule has 3 heterocycles. The molecule has 1 fully saturated rings. The number of nitrogens with zero attached hydrogens (tertiary/aromatic N) is 4. The van der Waals surface area contributed by atoms with E-state index in [0.29, 0.717) is 18.8 Å². The summed E-state index contributed by atoms with van der Waals surface area (Å²) in [5.41, 5.74) is 0.668. The Morgan fingerprint density at radius 3 is 2.53 bits per heavy atom. The van der Waals surface area contributed by atoms with E-state index in [1.54, 1.807) is 0 Å². The summed E-state index contributed by atoms with van der Waals surface area (Å²) in [6, 6.07) is 14.7. The minimum atomic E-state index is -4.42. The van der Waals surface area contributed by atoms with Crippen molar-refractivity contribution in [1.82, 2.24) is 24.9 Å². The van der Waals surface area contributed by atoms with Gasteiger partial charge in [-0.15, -0.1) is 11.3 Å². The van der Waals surface area contributed by atoms with E-state index < -0.39 is 11.9 Å². The molecule has 6 nitrogen and oxygen atoms in total. The number of alkyl halides is 3. The van der Waals surface area contributed by atoms with Gasteiger partial charge in [-0.2, -0.15) is 18.3 Å². The largest absolute Gasteiger partial charge is 0.433 e. The first-order valence-corrected chi connectivity index (χ1v) is 12.1. The van der Waals surface area contributed by atoms with Crippen LogP contribution in [-0.2, 0) is 31.1 Å². The Balaban J connectivity index is 1.27. The maximum Gasteiger partial charge on any atom is 0.433 e. The zero-order chi connectivity index (χ0) is 24.1. The molecule has 1 saturated heterocycles. The molecule has 4 rings (SSSR count). The third kappa shape index (κ3) is 6.46. The molecule has 0 spiro atoms. The molecule has 1 aliphatic rings. The second-order valence-corrected chi connectivity index (χ2v) is 9.64. The van der Waals surface area contributed by atoms with Crippen molar-refractivity contribution in [3.8, 4) is 10.6 Å². The minimum absolute atomic E-state index is 0.0220. The minimum Gasteiger partial charge on any atom is -0.351 e. The smallest absolute Gasteiger partial charge is 0.351 e. The number of rotatable bonds is 7. The van der Waals surface area contributed by atoms with E-state index in [2.05, 4.69) is 20.2 Å². The number of halogens is 3. The summed E-state index contributed by atoms with van der Waals surface area (Å²) in [6.45, 7) is 5.05. The maximum absolute atomic E-state index is 13.1. The standard InChI is InChI=1S/C24H28F3N5OS/c1-30-22(24(25,26)27)14-20(29-30)21-9-8-19(34-21)16-31-10-5-11-32(13-12-31)17-23(33)28-15-18-6-3-2-4-7-18/h2-4,6-9,14H,5,10-13,15-17H2,1H3,(H,28,33). The van der Waals surface area contributed by atoms with E-state index in [9.17, 15) is 18.0 Å². The highest BCUT2D eigenvalue weighted by molar-refractivity contribution is 7.15. The van der Waals surface area contributed by atoms with Gasteiger partial charge in [-0.1, -0.05) is 30.3 Å². The number of carbonyl (C=O) groups excluding carboxylic acids is 1. The lowest BCUT2D eigenvalue weighted by atomic mass is 10.2. The molecule has 1 aromatic carbocycles. The molecular weight excluding hydrogens is 463 g/mol. The van der Waals surface area contributed by atoms with Crippen LogP contribution in [0.1, 0.15) is 22.6 Å². The predicted octanol–water partition coefficient (Wildman–Crippen LogP) is 3.99. The number of aromatic nitrogens is 2. The Bertz CT molecular complexity index is 1100. The molecule has 2 aromatic heterocycles. The van der Waals surface area contributed by atoms with Crippen molar-refractivity contribution in [2.24, 2.45) is 7.05 Å². The summed E-state index contributed by atoms with van der Waals surface area (Å²) in [7, 11) is 1.31. The van der Waals surface area contributed by atoms with Crippen LogP contribution in [0.25, 0.3) is 10.6 Å². The van der Waals surface area contributed by atoms with Crippen LogP contribution in [0.2, 0.25) is 0 Å². The maximum atomic E-state index is 13.1. The zero-order valence-electron chi connectivity index (χ0n) is 19.0.